The van der Waals surface area contributed by atoms with Crippen molar-refractivity contribution >= 4 is 0 Å². The third-order valence-corrected chi connectivity index (χ3v) is 7.16. The summed E-state index contributed by atoms with van der Waals surface area (Å²) in [5.74, 6) is 0. The van der Waals surface area contributed by atoms with Crippen LogP contribution in [0.1, 0.15) is 149 Å². The number of rotatable bonds is 24. The maximum absolute atomic E-state index is 4.05. The Labute approximate surface area is 192 Å². The van der Waals surface area contributed by atoms with Gasteiger partial charge in [-0.05, 0) is 25.7 Å². The van der Waals surface area contributed by atoms with Gasteiger partial charge in [-0.15, -0.1) is 6.58 Å². The Hall–Kier alpha value is -0.300. The lowest BCUT2D eigenvalue weighted by atomic mass is 9.99. The zero-order valence-corrected chi connectivity index (χ0v) is 21.9. The molecule has 0 saturated heterocycles. The highest BCUT2D eigenvalue weighted by atomic mass is 15.3. The first-order valence-electron chi connectivity index (χ1n) is 14.0. The zero-order valence-electron chi connectivity index (χ0n) is 21.9. The highest BCUT2D eigenvalue weighted by molar-refractivity contribution is 4.74. The SMILES string of the molecule is C=CCC(CCCCCCCCCCC)[N+](C)(C)CCCCCCCCCCCC. The molecule has 0 aromatic carbocycles. The van der Waals surface area contributed by atoms with Gasteiger partial charge in [0, 0.05) is 6.42 Å². The van der Waals surface area contributed by atoms with Crippen LogP contribution in [0.15, 0.2) is 12.7 Å². The Morgan fingerprint density at radius 3 is 1.33 bits per heavy atom. The molecule has 0 aliphatic rings. The number of quaternary nitrogens is 1. The number of unbranched alkanes of at least 4 members (excludes halogenated alkanes) is 17. The van der Waals surface area contributed by atoms with E-state index in [2.05, 4.69) is 40.6 Å². The van der Waals surface area contributed by atoms with Crippen LogP contribution in [-0.2, 0) is 0 Å². The van der Waals surface area contributed by atoms with Crippen LogP contribution in [0.4, 0.5) is 0 Å². The van der Waals surface area contributed by atoms with Crippen LogP contribution in [-0.4, -0.2) is 31.2 Å². The lowest BCUT2D eigenvalue weighted by molar-refractivity contribution is -0.915. The summed E-state index contributed by atoms with van der Waals surface area (Å²) in [6.07, 6.45) is 31.9. The van der Waals surface area contributed by atoms with Crippen molar-refractivity contribution in [3.63, 3.8) is 0 Å². The van der Waals surface area contributed by atoms with Crippen molar-refractivity contribution in [1.29, 1.82) is 0 Å². The van der Waals surface area contributed by atoms with Crippen LogP contribution >= 0.6 is 0 Å². The molecule has 1 unspecified atom stereocenters. The van der Waals surface area contributed by atoms with E-state index in [1.54, 1.807) is 0 Å². The zero-order chi connectivity index (χ0) is 22.3. The van der Waals surface area contributed by atoms with Crippen molar-refractivity contribution in [3.8, 4) is 0 Å². The maximum Gasteiger partial charge on any atom is 0.0920 e. The van der Waals surface area contributed by atoms with Crippen LogP contribution in [0.5, 0.6) is 0 Å². The number of nitrogens with zero attached hydrogens (tertiary/aromatic N) is 1. The molecule has 30 heavy (non-hydrogen) atoms. The van der Waals surface area contributed by atoms with Crippen molar-refractivity contribution < 1.29 is 4.48 Å². The smallest absolute Gasteiger partial charge is 0.0920 e. The Morgan fingerprint density at radius 1 is 0.567 bits per heavy atom. The van der Waals surface area contributed by atoms with E-state index < -0.39 is 0 Å². The van der Waals surface area contributed by atoms with Crippen molar-refractivity contribution in [2.75, 3.05) is 20.6 Å². The lowest BCUT2D eigenvalue weighted by Gasteiger charge is -2.38. The first kappa shape index (κ1) is 29.7. The predicted octanol–water partition coefficient (Wildman–Crippen LogP) is 9.85. The largest absolute Gasteiger partial charge is 0.326 e. The topological polar surface area (TPSA) is 0 Å². The van der Waals surface area contributed by atoms with Crippen LogP contribution < -0.4 is 0 Å². The lowest BCUT2D eigenvalue weighted by Crippen LogP contribution is -2.49. The van der Waals surface area contributed by atoms with E-state index in [1.165, 1.54) is 146 Å². The van der Waals surface area contributed by atoms with Crippen molar-refractivity contribution in [2.24, 2.45) is 0 Å². The second-order valence-electron chi connectivity index (χ2n) is 10.5. The second kappa shape index (κ2) is 21.9. The van der Waals surface area contributed by atoms with Gasteiger partial charge in [0.1, 0.15) is 0 Å². The summed E-state index contributed by atoms with van der Waals surface area (Å²) in [5.41, 5.74) is 0. The van der Waals surface area contributed by atoms with E-state index in [9.17, 15) is 0 Å². The average molecular weight is 423 g/mol. The summed E-state index contributed by atoms with van der Waals surface area (Å²) in [7, 11) is 4.94. The van der Waals surface area contributed by atoms with E-state index in [0.29, 0.717) is 0 Å². The number of hydrogen-bond acceptors (Lipinski definition) is 0. The van der Waals surface area contributed by atoms with Crippen molar-refractivity contribution in [1.82, 2.24) is 0 Å². The average Bonchev–Trinajstić information content (AvgIpc) is 2.73. The molecule has 0 spiro atoms. The van der Waals surface area contributed by atoms with Gasteiger partial charge >= 0.3 is 0 Å². The summed E-state index contributed by atoms with van der Waals surface area (Å²) in [4.78, 5) is 0. The van der Waals surface area contributed by atoms with E-state index in [-0.39, 0.29) is 0 Å². The molecular weight excluding hydrogens is 362 g/mol. The fourth-order valence-corrected chi connectivity index (χ4v) is 4.83. The Bertz CT molecular complexity index is 346. The van der Waals surface area contributed by atoms with Gasteiger partial charge in [-0.1, -0.05) is 123 Å². The Morgan fingerprint density at radius 2 is 0.933 bits per heavy atom. The molecule has 0 N–H and O–H groups in total. The molecule has 0 bridgehead atoms. The third kappa shape index (κ3) is 18.5. The molecule has 0 fully saturated rings. The van der Waals surface area contributed by atoms with Crippen molar-refractivity contribution in [3.05, 3.63) is 12.7 Å². The summed E-state index contributed by atoms with van der Waals surface area (Å²) < 4.78 is 1.19. The van der Waals surface area contributed by atoms with Gasteiger partial charge < -0.3 is 4.48 Å². The molecule has 1 atom stereocenters. The first-order chi connectivity index (χ1) is 14.6. The van der Waals surface area contributed by atoms with Gasteiger partial charge in [-0.2, -0.15) is 0 Å². The molecule has 0 amide bonds. The van der Waals surface area contributed by atoms with Crippen LogP contribution in [0, 0.1) is 0 Å². The minimum absolute atomic E-state index is 0.769. The van der Waals surface area contributed by atoms with Gasteiger partial charge in [0.2, 0.25) is 0 Å². The molecule has 1 heteroatoms. The molecule has 0 aromatic heterocycles. The molecule has 0 aliphatic carbocycles. The monoisotopic (exact) mass is 422 g/mol. The van der Waals surface area contributed by atoms with Gasteiger partial charge in [0.05, 0.1) is 26.7 Å². The normalized spacial score (nSPS) is 12.9. The molecule has 180 valence electrons. The summed E-state index contributed by atoms with van der Waals surface area (Å²) in [5, 5.41) is 0. The fourth-order valence-electron chi connectivity index (χ4n) is 4.83. The summed E-state index contributed by atoms with van der Waals surface area (Å²) >= 11 is 0. The fraction of sp³-hybridized carbons (Fsp3) is 0.931. The molecule has 1 nitrogen and oxygen atoms in total. The van der Waals surface area contributed by atoms with Crippen LogP contribution in [0.25, 0.3) is 0 Å². The van der Waals surface area contributed by atoms with Gasteiger partial charge in [-0.25, -0.2) is 0 Å². The van der Waals surface area contributed by atoms with E-state index in [4.69, 9.17) is 0 Å². The van der Waals surface area contributed by atoms with Crippen molar-refractivity contribution in [2.45, 2.75) is 155 Å². The minimum Gasteiger partial charge on any atom is -0.326 e. The Kier molecular flexibility index (Phi) is 21.7. The second-order valence-corrected chi connectivity index (χ2v) is 10.5. The van der Waals surface area contributed by atoms with Crippen LogP contribution in [0.3, 0.4) is 0 Å². The van der Waals surface area contributed by atoms with Gasteiger partial charge in [0.25, 0.3) is 0 Å². The quantitative estimate of drug-likeness (QED) is 0.0824. The van der Waals surface area contributed by atoms with E-state index >= 15 is 0 Å². The predicted molar refractivity (Wildman–Crippen MR) is 139 cm³/mol. The molecular formula is C29H60N+. The molecule has 0 saturated carbocycles. The Balaban J connectivity index is 3.81. The number of hydrogen-bond donors (Lipinski definition) is 0. The van der Waals surface area contributed by atoms with E-state index in [0.717, 1.165) is 6.04 Å². The highest BCUT2D eigenvalue weighted by Gasteiger charge is 2.26. The minimum atomic E-state index is 0.769. The third-order valence-electron chi connectivity index (χ3n) is 7.16. The van der Waals surface area contributed by atoms with Gasteiger partial charge in [-0.3, -0.25) is 0 Å². The summed E-state index contributed by atoms with van der Waals surface area (Å²) in [6.45, 7) is 10.00. The first-order valence-corrected chi connectivity index (χ1v) is 14.0. The maximum atomic E-state index is 4.05. The van der Waals surface area contributed by atoms with Crippen LogP contribution in [0.2, 0.25) is 0 Å². The molecule has 0 rings (SSSR count). The molecule has 0 aliphatic heterocycles. The highest BCUT2D eigenvalue weighted by Crippen LogP contribution is 2.21. The summed E-state index contributed by atoms with van der Waals surface area (Å²) in [6, 6.07) is 0.769. The molecule has 0 heterocycles. The standard InChI is InChI=1S/C29H60N/c1-6-9-11-13-15-17-19-21-23-25-28-30(4,5)29(26-8-3)27-24-22-20-18-16-14-12-10-7-2/h8,29H,3,6-7,9-28H2,1-2,4-5H3/q+1. The molecule has 0 radical (unpaired) electrons. The van der Waals surface area contributed by atoms with E-state index in [1.807, 2.05) is 0 Å². The molecule has 0 aromatic rings. The van der Waals surface area contributed by atoms with Gasteiger partial charge in [0.15, 0.2) is 0 Å².